The van der Waals surface area contributed by atoms with Crippen LogP contribution in [0, 0.1) is 19.8 Å². The van der Waals surface area contributed by atoms with Crippen LogP contribution < -0.4 is 5.73 Å². The Hall–Kier alpha value is -0.860. The number of benzene rings is 1. The smallest absolute Gasteiger partial charge is 0.0659 e. The van der Waals surface area contributed by atoms with Crippen molar-refractivity contribution in [3.05, 3.63) is 34.9 Å². The summed E-state index contributed by atoms with van der Waals surface area (Å²) in [5.41, 5.74) is 9.97. The maximum Gasteiger partial charge on any atom is 0.0659 e. The summed E-state index contributed by atoms with van der Waals surface area (Å²) in [6.07, 6.45) is 6.81. The third-order valence-electron chi connectivity index (χ3n) is 4.05. The summed E-state index contributed by atoms with van der Waals surface area (Å²) in [5, 5.41) is 0. The molecule has 0 heterocycles. The lowest BCUT2D eigenvalue weighted by Crippen LogP contribution is -2.21. The highest BCUT2D eigenvalue weighted by molar-refractivity contribution is 5.30. The topological polar surface area (TPSA) is 35.2 Å². The lowest BCUT2D eigenvalue weighted by molar-refractivity contribution is 0.0759. The Kier molecular flexibility index (Phi) is 5.41. The van der Waals surface area contributed by atoms with E-state index in [4.69, 9.17) is 10.5 Å². The summed E-state index contributed by atoms with van der Waals surface area (Å²) in [7, 11) is 0. The Labute approximate surface area is 117 Å². The van der Waals surface area contributed by atoms with Crippen LogP contribution in [0.4, 0.5) is 0 Å². The maximum absolute atomic E-state index is 6.22. The second-order valence-corrected chi connectivity index (χ2v) is 6.07. The molecule has 1 aromatic rings. The van der Waals surface area contributed by atoms with E-state index >= 15 is 0 Å². The van der Waals surface area contributed by atoms with Gasteiger partial charge in [-0.1, -0.05) is 48.6 Å². The van der Waals surface area contributed by atoms with Gasteiger partial charge in [0.25, 0.3) is 0 Å². The molecule has 1 aromatic carbocycles. The summed E-state index contributed by atoms with van der Waals surface area (Å²) >= 11 is 0. The molecule has 2 heteroatoms. The molecule has 1 fully saturated rings. The van der Waals surface area contributed by atoms with Gasteiger partial charge >= 0.3 is 0 Å². The van der Waals surface area contributed by atoms with Crippen molar-refractivity contribution < 1.29 is 4.74 Å². The fourth-order valence-corrected chi connectivity index (χ4v) is 3.04. The van der Waals surface area contributed by atoms with Gasteiger partial charge in [-0.05, 0) is 38.2 Å². The molecule has 0 aromatic heterocycles. The third kappa shape index (κ3) is 4.63. The van der Waals surface area contributed by atoms with Crippen LogP contribution >= 0.6 is 0 Å². The van der Waals surface area contributed by atoms with Crippen LogP contribution in [0.3, 0.4) is 0 Å². The molecule has 19 heavy (non-hydrogen) atoms. The van der Waals surface area contributed by atoms with Crippen LogP contribution in [0.15, 0.2) is 18.2 Å². The van der Waals surface area contributed by atoms with Crippen LogP contribution in [-0.2, 0) is 4.74 Å². The van der Waals surface area contributed by atoms with E-state index in [1.165, 1.54) is 48.8 Å². The Balaban J connectivity index is 1.78. The molecule has 2 nitrogen and oxygen atoms in total. The van der Waals surface area contributed by atoms with Crippen molar-refractivity contribution in [1.29, 1.82) is 0 Å². The Morgan fingerprint density at radius 2 is 1.74 bits per heavy atom. The lowest BCUT2D eigenvalue weighted by atomic mass is 9.90. The third-order valence-corrected chi connectivity index (χ3v) is 4.05. The maximum atomic E-state index is 6.22. The van der Waals surface area contributed by atoms with Gasteiger partial charge in [0, 0.05) is 6.61 Å². The van der Waals surface area contributed by atoms with Gasteiger partial charge in [0.15, 0.2) is 0 Å². The Bertz CT molecular complexity index is 376. The largest absolute Gasteiger partial charge is 0.379 e. The van der Waals surface area contributed by atoms with Crippen molar-refractivity contribution in [2.45, 2.75) is 52.0 Å². The Morgan fingerprint density at radius 1 is 1.11 bits per heavy atom. The van der Waals surface area contributed by atoms with Crippen molar-refractivity contribution in [3.8, 4) is 0 Å². The second kappa shape index (κ2) is 7.06. The minimum Gasteiger partial charge on any atom is -0.379 e. The monoisotopic (exact) mass is 261 g/mol. The molecule has 1 saturated carbocycles. The summed E-state index contributed by atoms with van der Waals surface area (Å²) < 4.78 is 5.84. The molecule has 0 spiro atoms. The van der Waals surface area contributed by atoms with Gasteiger partial charge in [-0.3, -0.25) is 0 Å². The number of rotatable bonds is 5. The molecule has 1 atom stereocenters. The van der Waals surface area contributed by atoms with E-state index in [0.717, 1.165) is 12.5 Å². The molecule has 2 rings (SSSR count). The molecule has 1 unspecified atom stereocenters. The van der Waals surface area contributed by atoms with Crippen LogP contribution in [0.1, 0.15) is 54.8 Å². The molecule has 0 amide bonds. The van der Waals surface area contributed by atoms with E-state index in [1.54, 1.807) is 0 Å². The summed E-state index contributed by atoms with van der Waals surface area (Å²) in [5.74, 6) is 0.764. The molecule has 1 aliphatic carbocycles. The van der Waals surface area contributed by atoms with E-state index in [0.29, 0.717) is 6.61 Å². The average molecular weight is 261 g/mol. The predicted octanol–water partition coefficient (Wildman–Crippen LogP) is 3.90. The lowest BCUT2D eigenvalue weighted by Gasteiger charge is -2.22. The first-order valence-corrected chi connectivity index (χ1v) is 7.56. The number of nitrogens with two attached hydrogens (primary N) is 1. The number of aryl methyl sites for hydroxylation is 2. The van der Waals surface area contributed by atoms with E-state index in [1.807, 2.05) is 0 Å². The summed E-state index contributed by atoms with van der Waals surface area (Å²) in [6, 6.07) is 6.52. The van der Waals surface area contributed by atoms with Crippen LogP contribution in [0.2, 0.25) is 0 Å². The van der Waals surface area contributed by atoms with Gasteiger partial charge in [0.05, 0.1) is 12.6 Å². The summed E-state index contributed by atoms with van der Waals surface area (Å²) in [4.78, 5) is 0. The molecule has 2 N–H and O–H groups in total. The van der Waals surface area contributed by atoms with Crippen molar-refractivity contribution >= 4 is 0 Å². The van der Waals surface area contributed by atoms with Crippen molar-refractivity contribution in [3.63, 3.8) is 0 Å². The van der Waals surface area contributed by atoms with Crippen molar-refractivity contribution in [2.75, 3.05) is 13.2 Å². The normalized spacial score (nSPS) is 18.5. The van der Waals surface area contributed by atoms with Gasteiger partial charge in [0.2, 0.25) is 0 Å². The fraction of sp³-hybridized carbons (Fsp3) is 0.647. The standard InChI is InChI=1S/C17H27NO/c1-13-8-14(2)10-16(9-13)17(18)12-19-11-15-6-4-3-5-7-15/h8-10,15,17H,3-7,11-12,18H2,1-2H3. The van der Waals surface area contributed by atoms with Crippen molar-refractivity contribution in [2.24, 2.45) is 11.7 Å². The van der Waals surface area contributed by atoms with E-state index in [2.05, 4.69) is 32.0 Å². The highest BCUT2D eigenvalue weighted by atomic mass is 16.5. The first-order valence-electron chi connectivity index (χ1n) is 7.56. The highest BCUT2D eigenvalue weighted by Gasteiger charge is 2.14. The molecule has 0 aliphatic heterocycles. The molecule has 0 radical (unpaired) electrons. The minimum atomic E-state index is 0.00203. The van der Waals surface area contributed by atoms with Crippen LogP contribution in [-0.4, -0.2) is 13.2 Å². The van der Waals surface area contributed by atoms with Gasteiger partial charge < -0.3 is 10.5 Å². The quantitative estimate of drug-likeness (QED) is 0.872. The molecule has 1 aliphatic rings. The molecule has 0 saturated heterocycles. The minimum absolute atomic E-state index is 0.00203. The van der Waals surface area contributed by atoms with E-state index in [9.17, 15) is 0 Å². The van der Waals surface area contributed by atoms with E-state index < -0.39 is 0 Å². The zero-order valence-corrected chi connectivity index (χ0v) is 12.3. The zero-order valence-electron chi connectivity index (χ0n) is 12.3. The Morgan fingerprint density at radius 3 is 2.37 bits per heavy atom. The molecule has 106 valence electrons. The number of hydrogen-bond acceptors (Lipinski definition) is 2. The fourth-order valence-electron chi connectivity index (χ4n) is 3.04. The first-order chi connectivity index (χ1) is 9.15. The first kappa shape index (κ1) is 14.5. The second-order valence-electron chi connectivity index (χ2n) is 6.07. The number of ether oxygens (including phenoxy) is 1. The number of hydrogen-bond donors (Lipinski definition) is 1. The van der Waals surface area contributed by atoms with Gasteiger partial charge in [0.1, 0.15) is 0 Å². The van der Waals surface area contributed by atoms with Crippen LogP contribution in [0.5, 0.6) is 0 Å². The molecular weight excluding hydrogens is 234 g/mol. The van der Waals surface area contributed by atoms with Gasteiger partial charge in [-0.15, -0.1) is 0 Å². The SMILES string of the molecule is Cc1cc(C)cc(C(N)COCC2CCCCC2)c1. The van der Waals surface area contributed by atoms with Gasteiger partial charge in [-0.2, -0.15) is 0 Å². The molecule has 0 bridgehead atoms. The molecular formula is C17H27NO. The van der Waals surface area contributed by atoms with Gasteiger partial charge in [-0.25, -0.2) is 0 Å². The average Bonchev–Trinajstić information content (AvgIpc) is 2.38. The zero-order chi connectivity index (χ0) is 13.7. The predicted molar refractivity (Wildman–Crippen MR) is 80.2 cm³/mol. The van der Waals surface area contributed by atoms with Crippen molar-refractivity contribution in [1.82, 2.24) is 0 Å². The highest BCUT2D eigenvalue weighted by Crippen LogP contribution is 2.24. The van der Waals surface area contributed by atoms with E-state index in [-0.39, 0.29) is 6.04 Å². The van der Waals surface area contributed by atoms with Crippen LogP contribution in [0.25, 0.3) is 0 Å². The summed E-state index contributed by atoms with van der Waals surface area (Å²) in [6.45, 7) is 5.76.